The highest BCUT2D eigenvalue weighted by molar-refractivity contribution is 7.15. The number of rotatable bonds is 5. The van der Waals surface area contributed by atoms with Crippen molar-refractivity contribution < 1.29 is 0 Å². The smallest absolute Gasteiger partial charge is 0.123 e. The van der Waals surface area contributed by atoms with Gasteiger partial charge in [-0.3, -0.25) is 0 Å². The fraction of sp³-hybridized carbons (Fsp3) is 0.438. The lowest BCUT2D eigenvalue weighted by molar-refractivity contribution is 0.647. The molecule has 1 atom stereocenters. The lowest BCUT2D eigenvalue weighted by Crippen LogP contribution is -2.10. The van der Waals surface area contributed by atoms with Crippen LogP contribution in [0.5, 0.6) is 0 Å². The molecule has 19 heavy (non-hydrogen) atoms. The van der Waals surface area contributed by atoms with Crippen molar-refractivity contribution in [2.45, 2.75) is 33.2 Å². The van der Waals surface area contributed by atoms with Crippen molar-refractivity contribution in [3.8, 4) is 10.6 Å². The van der Waals surface area contributed by atoms with Crippen LogP contribution in [0.3, 0.4) is 0 Å². The van der Waals surface area contributed by atoms with Crippen LogP contribution in [-0.4, -0.2) is 12.0 Å². The second-order valence-electron chi connectivity index (χ2n) is 5.37. The number of hydrogen-bond acceptors (Lipinski definition) is 3. The third-order valence-corrected chi connectivity index (χ3v) is 4.46. The summed E-state index contributed by atoms with van der Waals surface area (Å²) in [4.78, 5) is 5.81. The highest BCUT2D eigenvalue weighted by Crippen LogP contribution is 2.28. The van der Waals surface area contributed by atoms with Crippen molar-refractivity contribution in [3.05, 3.63) is 40.9 Å². The van der Waals surface area contributed by atoms with Crippen LogP contribution in [0.25, 0.3) is 10.6 Å². The molecule has 0 spiro atoms. The third kappa shape index (κ3) is 3.64. The first-order chi connectivity index (χ1) is 9.10. The minimum atomic E-state index is 0.367. The number of thiazole rings is 1. The van der Waals surface area contributed by atoms with E-state index in [1.165, 1.54) is 16.0 Å². The normalized spacial score (nSPS) is 12.9. The molecule has 0 aliphatic rings. The Hall–Kier alpha value is -1.19. The average Bonchev–Trinajstić information content (AvgIpc) is 2.87. The number of nitrogens with one attached hydrogen (secondary N) is 1. The van der Waals surface area contributed by atoms with Gasteiger partial charge < -0.3 is 5.32 Å². The second-order valence-corrected chi connectivity index (χ2v) is 6.44. The van der Waals surface area contributed by atoms with Gasteiger partial charge in [-0.25, -0.2) is 4.98 Å². The predicted octanol–water partition coefficient (Wildman–Crippen LogP) is 4.29. The van der Waals surface area contributed by atoms with Crippen LogP contribution in [0.2, 0.25) is 0 Å². The molecule has 0 fully saturated rings. The van der Waals surface area contributed by atoms with E-state index in [1.807, 2.05) is 13.2 Å². The van der Waals surface area contributed by atoms with Crippen molar-refractivity contribution in [2.24, 2.45) is 5.92 Å². The Bertz CT molecular complexity index is 514. The van der Waals surface area contributed by atoms with Crippen LogP contribution < -0.4 is 5.32 Å². The van der Waals surface area contributed by atoms with Gasteiger partial charge >= 0.3 is 0 Å². The Morgan fingerprint density at radius 1 is 1.16 bits per heavy atom. The molecule has 0 saturated carbocycles. The van der Waals surface area contributed by atoms with Crippen molar-refractivity contribution in [3.63, 3.8) is 0 Å². The molecule has 0 saturated heterocycles. The first-order valence-corrected chi connectivity index (χ1v) is 7.64. The maximum absolute atomic E-state index is 4.52. The fourth-order valence-electron chi connectivity index (χ4n) is 2.02. The van der Waals surface area contributed by atoms with E-state index in [1.54, 1.807) is 11.3 Å². The molecule has 0 aliphatic heterocycles. The van der Waals surface area contributed by atoms with Crippen LogP contribution in [0.15, 0.2) is 30.5 Å². The molecular formula is C16H22N2S. The Balaban J connectivity index is 2.15. The SMILES string of the molecule is CNC(C)c1cnc(-c2ccc(CC(C)C)cc2)s1. The monoisotopic (exact) mass is 274 g/mol. The second kappa shape index (κ2) is 6.31. The summed E-state index contributed by atoms with van der Waals surface area (Å²) >= 11 is 1.76. The molecule has 1 aromatic heterocycles. The molecule has 2 rings (SSSR count). The number of nitrogens with zero attached hydrogens (tertiary/aromatic N) is 1. The zero-order valence-corrected chi connectivity index (χ0v) is 12.9. The maximum atomic E-state index is 4.52. The summed E-state index contributed by atoms with van der Waals surface area (Å²) < 4.78 is 0. The van der Waals surface area contributed by atoms with Crippen LogP contribution in [0.1, 0.15) is 37.3 Å². The molecule has 1 unspecified atom stereocenters. The van der Waals surface area contributed by atoms with E-state index in [0.29, 0.717) is 12.0 Å². The zero-order valence-electron chi connectivity index (χ0n) is 12.1. The molecule has 1 aromatic carbocycles. The van der Waals surface area contributed by atoms with Crippen molar-refractivity contribution in [1.82, 2.24) is 10.3 Å². The average molecular weight is 274 g/mol. The van der Waals surface area contributed by atoms with E-state index in [2.05, 4.69) is 55.3 Å². The van der Waals surface area contributed by atoms with Gasteiger partial charge in [0.2, 0.25) is 0 Å². The Morgan fingerprint density at radius 2 is 1.84 bits per heavy atom. The standard InChI is InChI=1S/C16H22N2S/c1-11(2)9-13-5-7-14(8-6-13)16-18-10-15(19-16)12(3)17-4/h5-8,10-12,17H,9H2,1-4H3. The van der Waals surface area contributed by atoms with Crippen LogP contribution >= 0.6 is 11.3 Å². The number of benzene rings is 1. The van der Waals surface area contributed by atoms with Crippen molar-refractivity contribution in [1.29, 1.82) is 0 Å². The molecule has 0 bridgehead atoms. The summed E-state index contributed by atoms with van der Waals surface area (Å²) in [6, 6.07) is 9.18. The van der Waals surface area contributed by atoms with Gasteiger partial charge in [-0.1, -0.05) is 38.1 Å². The summed E-state index contributed by atoms with van der Waals surface area (Å²) in [5.41, 5.74) is 2.62. The van der Waals surface area contributed by atoms with Crippen molar-refractivity contribution in [2.75, 3.05) is 7.05 Å². The molecule has 2 aromatic rings. The van der Waals surface area contributed by atoms with E-state index < -0.39 is 0 Å². The summed E-state index contributed by atoms with van der Waals surface area (Å²) in [5.74, 6) is 0.703. The Kier molecular flexibility index (Phi) is 4.72. The molecule has 0 aliphatic carbocycles. The molecule has 1 heterocycles. The summed E-state index contributed by atoms with van der Waals surface area (Å²) in [7, 11) is 1.98. The van der Waals surface area contributed by atoms with E-state index in [0.717, 1.165) is 11.4 Å². The number of hydrogen-bond donors (Lipinski definition) is 1. The van der Waals surface area contributed by atoms with Gasteiger partial charge in [-0.05, 0) is 31.9 Å². The van der Waals surface area contributed by atoms with Gasteiger partial charge in [-0.15, -0.1) is 11.3 Å². The van der Waals surface area contributed by atoms with Gasteiger partial charge in [0, 0.05) is 22.7 Å². The van der Waals surface area contributed by atoms with Crippen molar-refractivity contribution >= 4 is 11.3 Å². The zero-order chi connectivity index (χ0) is 13.8. The van der Waals surface area contributed by atoms with Gasteiger partial charge in [0.1, 0.15) is 5.01 Å². The van der Waals surface area contributed by atoms with Gasteiger partial charge in [-0.2, -0.15) is 0 Å². The van der Waals surface area contributed by atoms with Crippen LogP contribution in [-0.2, 0) is 6.42 Å². The van der Waals surface area contributed by atoms with Gasteiger partial charge in [0.05, 0.1) is 0 Å². The molecule has 1 N–H and O–H groups in total. The first-order valence-electron chi connectivity index (χ1n) is 6.82. The minimum Gasteiger partial charge on any atom is -0.312 e. The molecule has 0 amide bonds. The Morgan fingerprint density at radius 3 is 2.42 bits per heavy atom. The topological polar surface area (TPSA) is 24.9 Å². The molecular weight excluding hydrogens is 252 g/mol. The Labute approximate surface area is 119 Å². The van der Waals surface area contributed by atoms with E-state index in [9.17, 15) is 0 Å². The molecule has 2 nitrogen and oxygen atoms in total. The number of aromatic nitrogens is 1. The molecule has 3 heteroatoms. The molecule has 0 radical (unpaired) electrons. The third-order valence-electron chi connectivity index (χ3n) is 3.23. The summed E-state index contributed by atoms with van der Waals surface area (Å²) in [5, 5.41) is 4.35. The predicted molar refractivity (Wildman–Crippen MR) is 83.6 cm³/mol. The van der Waals surface area contributed by atoms with E-state index in [-0.39, 0.29) is 0 Å². The lowest BCUT2D eigenvalue weighted by atomic mass is 10.0. The molecule has 102 valence electrons. The van der Waals surface area contributed by atoms with E-state index in [4.69, 9.17) is 0 Å². The minimum absolute atomic E-state index is 0.367. The maximum Gasteiger partial charge on any atom is 0.123 e. The summed E-state index contributed by atoms with van der Waals surface area (Å²) in [6.45, 7) is 6.66. The fourth-order valence-corrected chi connectivity index (χ4v) is 3.00. The first kappa shape index (κ1) is 14.2. The quantitative estimate of drug-likeness (QED) is 0.880. The highest BCUT2D eigenvalue weighted by Gasteiger charge is 2.09. The van der Waals surface area contributed by atoms with Crippen LogP contribution in [0.4, 0.5) is 0 Å². The largest absolute Gasteiger partial charge is 0.312 e. The van der Waals surface area contributed by atoms with Gasteiger partial charge in [0.15, 0.2) is 0 Å². The summed E-state index contributed by atoms with van der Waals surface area (Å²) in [6.07, 6.45) is 3.11. The van der Waals surface area contributed by atoms with Crippen LogP contribution in [0, 0.1) is 5.92 Å². The van der Waals surface area contributed by atoms with E-state index >= 15 is 0 Å². The highest BCUT2D eigenvalue weighted by atomic mass is 32.1. The van der Waals surface area contributed by atoms with Gasteiger partial charge in [0.25, 0.3) is 0 Å². The lowest BCUT2D eigenvalue weighted by Gasteiger charge is -2.06.